The van der Waals surface area contributed by atoms with E-state index >= 15 is 0 Å². The van der Waals surface area contributed by atoms with Crippen LogP contribution < -0.4 is 5.73 Å². The molecular weight excluding hydrogens is 217 g/mol. The van der Waals surface area contributed by atoms with Crippen molar-refractivity contribution >= 4 is 17.0 Å². The first-order valence-corrected chi connectivity index (χ1v) is 6.07. The summed E-state index contributed by atoms with van der Waals surface area (Å²) in [6, 6.07) is 4.62. The molecule has 1 heterocycles. The number of hydrogen-bond donors (Lipinski definition) is 1. The van der Waals surface area contributed by atoms with Crippen molar-refractivity contribution < 1.29 is 4.39 Å². The van der Waals surface area contributed by atoms with E-state index in [9.17, 15) is 4.39 Å². The Labute approximate surface area is 100 Å². The second-order valence-corrected chi connectivity index (χ2v) is 4.40. The van der Waals surface area contributed by atoms with E-state index < -0.39 is 0 Å². The highest BCUT2D eigenvalue weighted by Crippen LogP contribution is 2.22. The molecule has 2 rings (SSSR count). The summed E-state index contributed by atoms with van der Waals surface area (Å²) in [5.74, 6) is 0.780. The molecule has 0 aliphatic rings. The van der Waals surface area contributed by atoms with Crippen LogP contribution in [0.25, 0.3) is 11.0 Å². The van der Waals surface area contributed by atoms with Crippen molar-refractivity contribution in [1.29, 1.82) is 0 Å². The number of anilines is 1. The average Bonchev–Trinajstić information content (AvgIpc) is 2.61. The summed E-state index contributed by atoms with van der Waals surface area (Å²) in [6.45, 7) is 5.19. The molecular formula is C13H18FN3. The van der Waals surface area contributed by atoms with E-state index in [-0.39, 0.29) is 5.82 Å². The van der Waals surface area contributed by atoms with E-state index in [2.05, 4.69) is 18.8 Å². The minimum absolute atomic E-state index is 0.273. The predicted molar refractivity (Wildman–Crippen MR) is 68.2 cm³/mol. The van der Waals surface area contributed by atoms with E-state index in [1.165, 1.54) is 12.1 Å². The molecule has 0 saturated heterocycles. The topological polar surface area (TPSA) is 43.8 Å². The third-order valence-electron chi connectivity index (χ3n) is 3.34. The third kappa shape index (κ3) is 2.25. The fourth-order valence-corrected chi connectivity index (χ4v) is 2.12. The van der Waals surface area contributed by atoms with Gasteiger partial charge < -0.3 is 10.3 Å². The Morgan fingerprint density at radius 1 is 1.35 bits per heavy atom. The summed E-state index contributed by atoms with van der Waals surface area (Å²) in [5, 5.41) is 0. The first-order valence-electron chi connectivity index (χ1n) is 6.07. The van der Waals surface area contributed by atoms with Crippen LogP contribution in [0.15, 0.2) is 18.2 Å². The molecule has 0 aliphatic heterocycles. The Bertz CT molecular complexity index is 515. The van der Waals surface area contributed by atoms with Gasteiger partial charge in [-0.05, 0) is 18.1 Å². The lowest BCUT2D eigenvalue weighted by atomic mass is 10.0. The maximum absolute atomic E-state index is 13.1. The second kappa shape index (κ2) is 4.73. The molecule has 0 bridgehead atoms. The molecule has 0 amide bonds. The molecule has 4 heteroatoms. The molecule has 1 aromatic carbocycles. The number of imidazole rings is 1. The molecule has 0 unspecified atom stereocenters. The molecule has 1 aromatic heterocycles. The molecule has 17 heavy (non-hydrogen) atoms. The van der Waals surface area contributed by atoms with Crippen LogP contribution in [0.3, 0.4) is 0 Å². The number of nitrogens with two attached hydrogens (primary N) is 1. The molecule has 0 saturated carbocycles. The van der Waals surface area contributed by atoms with E-state index in [1.54, 1.807) is 6.07 Å². The minimum Gasteiger partial charge on any atom is -0.369 e. The van der Waals surface area contributed by atoms with E-state index in [0.29, 0.717) is 17.4 Å². The highest BCUT2D eigenvalue weighted by molar-refractivity contribution is 5.78. The number of aromatic nitrogens is 2. The lowest BCUT2D eigenvalue weighted by Crippen LogP contribution is -2.11. The van der Waals surface area contributed by atoms with Crippen molar-refractivity contribution in [3.8, 4) is 0 Å². The Morgan fingerprint density at radius 3 is 2.71 bits per heavy atom. The molecule has 0 aliphatic carbocycles. The minimum atomic E-state index is -0.273. The smallest absolute Gasteiger partial charge is 0.201 e. The molecule has 0 spiro atoms. The van der Waals surface area contributed by atoms with Crippen molar-refractivity contribution in [2.24, 2.45) is 5.92 Å². The number of nitrogens with zero attached hydrogens (tertiary/aromatic N) is 2. The monoisotopic (exact) mass is 235 g/mol. The molecule has 92 valence electrons. The summed E-state index contributed by atoms with van der Waals surface area (Å²) < 4.78 is 15.1. The van der Waals surface area contributed by atoms with E-state index in [0.717, 1.165) is 24.9 Å². The third-order valence-corrected chi connectivity index (χ3v) is 3.34. The van der Waals surface area contributed by atoms with Crippen molar-refractivity contribution in [3.05, 3.63) is 24.0 Å². The van der Waals surface area contributed by atoms with Crippen LogP contribution in [0.1, 0.15) is 26.7 Å². The van der Waals surface area contributed by atoms with Crippen molar-refractivity contribution in [2.45, 2.75) is 33.2 Å². The number of halogens is 1. The van der Waals surface area contributed by atoms with Gasteiger partial charge >= 0.3 is 0 Å². The maximum Gasteiger partial charge on any atom is 0.201 e. The zero-order chi connectivity index (χ0) is 12.4. The molecule has 0 radical (unpaired) electrons. The van der Waals surface area contributed by atoms with Crippen LogP contribution in [0.5, 0.6) is 0 Å². The molecule has 2 N–H and O–H groups in total. The molecule has 0 atom stereocenters. The Hall–Kier alpha value is -1.58. The van der Waals surface area contributed by atoms with Gasteiger partial charge in [0.05, 0.1) is 11.0 Å². The maximum atomic E-state index is 13.1. The second-order valence-electron chi connectivity index (χ2n) is 4.40. The van der Waals surface area contributed by atoms with Crippen molar-refractivity contribution in [1.82, 2.24) is 9.55 Å². The fourth-order valence-electron chi connectivity index (χ4n) is 2.12. The fraction of sp³-hybridized carbons (Fsp3) is 0.462. The highest BCUT2D eigenvalue weighted by Gasteiger charge is 2.12. The van der Waals surface area contributed by atoms with Crippen LogP contribution in [-0.2, 0) is 6.54 Å². The van der Waals surface area contributed by atoms with Gasteiger partial charge in [0.25, 0.3) is 0 Å². The SMILES string of the molecule is CCC(CC)Cn1c(N)nc2cc(F)ccc21. The zero-order valence-electron chi connectivity index (χ0n) is 10.3. The predicted octanol–water partition coefficient (Wildman–Crippen LogP) is 3.19. The Morgan fingerprint density at radius 2 is 2.06 bits per heavy atom. The lowest BCUT2D eigenvalue weighted by Gasteiger charge is -2.14. The van der Waals surface area contributed by atoms with Gasteiger partial charge in [0.1, 0.15) is 5.82 Å². The first-order chi connectivity index (χ1) is 8.15. The van der Waals surface area contributed by atoms with Gasteiger partial charge in [-0.15, -0.1) is 0 Å². The lowest BCUT2D eigenvalue weighted by molar-refractivity contribution is 0.427. The molecule has 3 nitrogen and oxygen atoms in total. The normalized spacial score (nSPS) is 11.5. The number of nitrogen functional groups attached to an aromatic ring is 1. The van der Waals surface area contributed by atoms with Gasteiger partial charge in [0, 0.05) is 12.6 Å². The van der Waals surface area contributed by atoms with Crippen LogP contribution in [0, 0.1) is 11.7 Å². The standard InChI is InChI=1S/C13H18FN3/c1-3-9(4-2)8-17-12-6-5-10(14)7-11(12)16-13(17)15/h5-7,9H,3-4,8H2,1-2H3,(H2,15,16). The average molecular weight is 235 g/mol. The largest absolute Gasteiger partial charge is 0.369 e. The Balaban J connectivity index is 2.42. The van der Waals surface area contributed by atoms with Crippen molar-refractivity contribution in [3.63, 3.8) is 0 Å². The highest BCUT2D eigenvalue weighted by atomic mass is 19.1. The van der Waals surface area contributed by atoms with Crippen LogP contribution >= 0.6 is 0 Å². The van der Waals surface area contributed by atoms with Gasteiger partial charge in [-0.3, -0.25) is 0 Å². The number of rotatable bonds is 4. The summed E-state index contributed by atoms with van der Waals surface area (Å²) in [7, 11) is 0. The van der Waals surface area contributed by atoms with Crippen LogP contribution in [0.2, 0.25) is 0 Å². The quantitative estimate of drug-likeness (QED) is 0.884. The Kier molecular flexibility index (Phi) is 3.31. The van der Waals surface area contributed by atoms with Gasteiger partial charge in [-0.2, -0.15) is 0 Å². The van der Waals surface area contributed by atoms with Gasteiger partial charge in [0.15, 0.2) is 0 Å². The number of fused-ring (bicyclic) bond motifs is 1. The van der Waals surface area contributed by atoms with Gasteiger partial charge in [0.2, 0.25) is 5.95 Å². The molecule has 2 aromatic rings. The summed E-state index contributed by atoms with van der Waals surface area (Å²) >= 11 is 0. The van der Waals surface area contributed by atoms with Gasteiger partial charge in [-0.25, -0.2) is 9.37 Å². The number of benzene rings is 1. The summed E-state index contributed by atoms with van der Waals surface area (Å²) in [4.78, 5) is 4.20. The van der Waals surface area contributed by atoms with Gasteiger partial charge in [-0.1, -0.05) is 26.7 Å². The van der Waals surface area contributed by atoms with Crippen LogP contribution in [0.4, 0.5) is 10.3 Å². The van der Waals surface area contributed by atoms with Crippen molar-refractivity contribution in [2.75, 3.05) is 5.73 Å². The zero-order valence-corrected chi connectivity index (χ0v) is 10.3. The molecule has 0 fully saturated rings. The summed E-state index contributed by atoms with van der Waals surface area (Å²) in [6.07, 6.45) is 2.22. The van der Waals surface area contributed by atoms with Crippen LogP contribution in [-0.4, -0.2) is 9.55 Å². The van der Waals surface area contributed by atoms with E-state index in [1.807, 2.05) is 4.57 Å². The van der Waals surface area contributed by atoms with E-state index in [4.69, 9.17) is 5.73 Å². The first kappa shape index (κ1) is 11.9. The summed E-state index contributed by atoms with van der Waals surface area (Å²) in [5.41, 5.74) is 7.44. The number of hydrogen-bond acceptors (Lipinski definition) is 2.